The van der Waals surface area contributed by atoms with Gasteiger partial charge >= 0.3 is 0 Å². The molecule has 0 spiro atoms. The molecule has 0 aliphatic carbocycles. The fourth-order valence-electron chi connectivity index (χ4n) is 1.35. The molecule has 6 nitrogen and oxygen atoms in total. The molecule has 0 aliphatic rings. The summed E-state index contributed by atoms with van der Waals surface area (Å²) < 4.78 is 4.62. The number of aromatic nitrogens is 2. The average molecular weight is 233 g/mol. The maximum Gasteiger partial charge on any atom is 0.257 e. The van der Waals surface area contributed by atoms with E-state index < -0.39 is 5.91 Å². The zero-order valence-corrected chi connectivity index (χ0v) is 9.19. The number of nitrogens with one attached hydrogen (secondary N) is 2. The molecule has 0 unspecified atom stereocenters. The van der Waals surface area contributed by atoms with Gasteiger partial charge in [0.25, 0.3) is 5.91 Å². The Morgan fingerprint density at radius 1 is 1.59 bits per heavy atom. The summed E-state index contributed by atoms with van der Waals surface area (Å²) in [5, 5.41) is 6.22. The largest absolute Gasteiger partial charge is 0.364 e. The first-order chi connectivity index (χ1) is 8.16. The highest BCUT2D eigenvalue weighted by atomic mass is 16.5. The van der Waals surface area contributed by atoms with Crippen molar-refractivity contribution in [1.29, 1.82) is 0 Å². The van der Waals surface area contributed by atoms with Crippen LogP contribution in [0, 0.1) is 6.92 Å². The number of aromatic amines is 1. The number of pyridine rings is 1. The van der Waals surface area contributed by atoms with E-state index in [4.69, 9.17) is 0 Å². The number of amides is 1. The topological polar surface area (TPSA) is 88.0 Å². The number of rotatable bonds is 3. The Hall–Kier alpha value is -2.37. The number of carbonyl (C=O) groups excluding carboxylic acids is 1. The summed E-state index contributed by atoms with van der Waals surface area (Å²) in [4.78, 5) is 26.0. The molecule has 88 valence electrons. The van der Waals surface area contributed by atoms with Crippen molar-refractivity contribution in [3.8, 4) is 0 Å². The van der Waals surface area contributed by atoms with Crippen LogP contribution >= 0.6 is 0 Å². The van der Waals surface area contributed by atoms with Gasteiger partial charge < -0.3 is 14.8 Å². The van der Waals surface area contributed by atoms with Gasteiger partial charge in [-0.05, 0) is 6.92 Å². The van der Waals surface area contributed by atoms with E-state index in [2.05, 4.69) is 20.0 Å². The maximum atomic E-state index is 11.7. The average Bonchev–Trinajstić information content (AvgIpc) is 2.78. The van der Waals surface area contributed by atoms with Gasteiger partial charge in [0.05, 0.1) is 6.54 Å². The van der Waals surface area contributed by atoms with Gasteiger partial charge in [0.15, 0.2) is 5.43 Å². The Morgan fingerprint density at radius 3 is 3.06 bits per heavy atom. The third kappa shape index (κ3) is 2.60. The lowest BCUT2D eigenvalue weighted by Crippen LogP contribution is -2.28. The van der Waals surface area contributed by atoms with Gasteiger partial charge in [-0.1, -0.05) is 5.16 Å². The predicted octanol–water partition coefficient (Wildman–Crippen LogP) is 0.601. The molecule has 0 fully saturated rings. The Labute approximate surface area is 96.6 Å². The van der Waals surface area contributed by atoms with Crippen LogP contribution in [0.2, 0.25) is 0 Å². The first-order valence-electron chi connectivity index (χ1n) is 5.03. The molecule has 2 rings (SSSR count). The molecule has 0 bridgehead atoms. The molecule has 0 saturated carbocycles. The second kappa shape index (κ2) is 4.65. The first kappa shape index (κ1) is 11.1. The van der Waals surface area contributed by atoms with Crippen molar-refractivity contribution in [3.05, 3.63) is 51.8 Å². The summed E-state index contributed by atoms with van der Waals surface area (Å²) in [6.45, 7) is 1.97. The number of H-pyrrole nitrogens is 1. The van der Waals surface area contributed by atoms with Gasteiger partial charge in [-0.25, -0.2) is 0 Å². The first-order valence-corrected chi connectivity index (χ1v) is 5.03. The van der Waals surface area contributed by atoms with Gasteiger partial charge in [0.1, 0.15) is 17.5 Å². The molecule has 0 aromatic carbocycles. The molecule has 17 heavy (non-hydrogen) atoms. The second-order valence-electron chi connectivity index (χ2n) is 3.57. The Morgan fingerprint density at radius 2 is 2.41 bits per heavy atom. The monoisotopic (exact) mass is 233 g/mol. The second-order valence-corrected chi connectivity index (χ2v) is 3.57. The minimum atomic E-state index is -0.436. The van der Waals surface area contributed by atoms with Gasteiger partial charge in [-0.15, -0.1) is 0 Å². The lowest BCUT2D eigenvalue weighted by atomic mass is 10.2. The SMILES string of the molecule is Cc1cc(=O)c(C(=O)NCc2ccon2)c[nH]1. The fourth-order valence-corrected chi connectivity index (χ4v) is 1.35. The summed E-state index contributed by atoms with van der Waals surface area (Å²) in [6.07, 6.45) is 2.82. The third-order valence-corrected chi connectivity index (χ3v) is 2.22. The standard InChI is InChI=1S/C11H11N3O3/c1-7-4-10(15)9(6-12-7)11(16)13-5-8-2-3-17-14-8/h2-4,6H,5H2,1H3,(H,12,15)(H,13,16). The van der Waals surface area contributed by atoms with E-state index in [0.717, 1.165) is 0 Å². The van der Waals surface area contributed by atoms with E-state index in [1.54, 1.807) is 13.0 Å². The lowest BCUT2D eigenvalue weighted by molar-refractivity contribution is 0.0948. The molecular formula is C11H11N3O3. The van der Waals surface area contributed by atoms with Crippen LogP contribution in [0.4, 0.5) is 0 Å². The van der Waals surface area contributed by atoms with E-state index in [-0.39, 0.29) is 17.5 Å². The highest BCUT2D eigenvalue weighted by Crippen LogP contribution is 1.96. The van der Waals surface area contributed by atoms with E-state index in [9.17, 15) is 9.59 Å². The smallest absolute Gasteiger partial charge is 0.257 e. The molecule has 0 aliphatic heterocycles. The Kier molecular flexibility index (Phi) is 3.04. The van der Waals surface area contributed by atoms with E-state index >= 15 is 0 Å². The van der Waals surface area contributed by atoms with E-state index in [1.807, 2.05) is 0 Å². The van der Waals surface area contributed by atoms with Gasteiger partial charge in [-0.3, -0.25) is 9.59 Å². The van der Waals surface area contributed by atoms with Crippen molar-refractivity contribution in [2.75, 3.05) is 0 Å². The quantitative estimate of drug-likeness (QED) is 0.812. The molecule has 0 atom stereocenters. The van der Waals surface area contributed by atoms with Crippen LogP contribution in [0.25, 0.3) is 0 Å². The summed E-state index contributed by atoms with van der Waals surface area (Å²) >= 11 is 0. The van der Waals surface area contributed by atoms with E-state index in [0.29, 0.717) is 11.4 Å². The fraction of sp³-hybridized carbons (Fsp3) is 0.182. The van der Waals surface area contributed by atoms with Gasteiger partial charge in [-0.2, -0.15) is 0 Å². The molecule has 0 radical (unpaired) electrons. The van der Waals surface area contributed by atoms with Crippen LogP contribution in [0.1, 0.15) is 21.7 Å². The van der Waals surface area contributed by atoms with Crippen LogP contribution in [0.3, 0.4) is 0 Å². The summed E-state index contributed by atoms with van der Waals surface area (Å²) in [5.41, 5.74) is 1.09. The van der Waals surface area contributed by atoms with Crippen molar-refractivity contribution >= 4 is 5.91 Å². The number of aryl methyl sites for hydroxylation is 1. The molecule has 2 aromatic rings. The Balaban J connectivity index is 2.07. The van der Waals surface area contributed by atoms with Gasteiger partial charge in [0, 0.05) is 24.0 Å². The van der Waals surface area contributed by atoms with Crippen molar-refractivity contribution in [2.45, 2.75) is 13.5 Å². The van der Waals surface area contributed by atoms with Crippen molar-refractivity contribution in [2.24, 2.45) is 0 Å². The van der Waals surface area contributed by atoms with Crippen LogP contribution in [0.15, 0.2) is 33.9 Å². The molecule has 1 amide bonds. The van der Waals surface area contributed by atoms with Crippen molar-refractivity contribution < 1.29 is 9.32 Å². The van der Waals surface area contributed by atoms with Crippen LogP contribution in [-0.2, 0) is 6.54 Å². The van der Waals surface area contributed by atoms with E-state index in [1.165, 1.54) is 18.5 Å². The minimum Gasteiger partial charge on any atom is -0.364 e. The molecule has 0 saturated heterocycles. The van der Waals surface area contributed by atoms with Crippen LogP contribution in [0.5, 0.6) is 0 Å². The van der Waals surface area contributed by atoms with Crippen molar-refractivity contribution in [3.63, 3.8) is 0 Å². The predicted molar refractivity (Wildman–Crippen MR) is 59.5 cm³/mol. The Bertz CT molecular complexity index is 572. The zero-order chi connectivity index (χ0) is 12.3. The summed E-state index contributed by atoms with van der Waals surface area (Å²) in [7, 11) is 0. The molecule has 6 heteroatoms. The summed E-state index contributed by atoms with van der Waals surface area (Å²) in [6, 6.07) is 3.02. The molecule has 2 aromatic heterocycles. The zero-order valence-electron chi connectivity index (χ0n) is 9.19. The molecular weight excluding hydrogens is 222 g/mol. The molecule has 2 N–H and O–H groups in total. The van der Waals surface area contributed by atoms with Gasteiger partial charge in [0.2, 0.25) is 0 Å². The number of hydrogen-bond acceptors (Lipinski definition) is 4. The highest BCUT2D eigenvalue weighted by molar-refractivity contribution is 5.93. The number of nitrogens with zero attached hydrogens (tertiary/aromatic N) is 1. The number of hydrogen-bond donors (Lipinski definition) is 2. The maximum absolute atomic E-state index is 11.7. The third-order valence-electron chi connectivity index (χ3n) is 2.22. The lowest BCUT2D eigenvalue weighted by Gasteiger charge is -2.02. The minimum absolute atomic E-state index is 0.0825. The normalized spacial score (nSPS) is 10.2. The highest BCUT2D eigenvalue weighted by Gasteiger charge is 2.10. The van der Waals surface area contributed by atoms with Crippen LogP contribution in [-0.4, -0.2) is 16.0 Å². The summed E-state index contributed by atoms with van der Waals surface area (Å²) in [5.74, 6) is -0.436. The number of carbonyl (C=O) groups is 1. The van der Waals surface area contributed by atoms with Crippen LogP contribution < -0.4 is 10.7 Å². The van der Waals surface area contributed by atoms with Crippen molar-refractivity contribution in [1.82, 2.24) is 15.5 Å². The molecule has 2 heterocycles.